The van der Waals surface area contributed by atoms with Crippen molar-refractivity contribution in [3.8, 4) is 5.75 Å². The first-order valence-electron chi connectivity index (χ1n) is 9.78. The number of thiazole rings is 1. The van der Waals surface area contributed by atoms with Gasteiger partial charge in [0.1, 0.15) is 5.75 Å². The van der Waals surface area contributed by atoms with Crippen molar-refractivity contribution in [2.45, 2.75) is 52.4 Å². The van der Waals surface area contributed by atoms with Gasteiger partial charge in [-0.05, 0) is 53.6 Å². The Morgan fingerprint density at radius 1 is 1.14 bits per heavy atom. The molecule has 0 atom stereocenters. The molecule has 5 heteroatoms. The number of carbonyl (C=O) groups is 1. The van der Waals surface area contributed by atoms with Crippen molar-refractivity contribution >= 4 is 32.6 Å². The lowest BCUT2D eigenvalue weighted by Gasteiger charge is -2.19. The molecule has 2 aromatic carbocycles. The van der Waals surface area contributed by atoms with E-state index in [1.165, 1.54) is 22.5 Å². The number of anilines is 1. The smallest absolute Gasteiger partial charge is 0.226 e. The van der Waals surface area contributed by atoms with E-state index in [0.717, 1.165) is 22.4 Å². The minimum Gasteiger partial charge on any atom is -0.494 e. The molecule has 1 amide bonds. The summed E-state index contributed by atoms with van der Waals surface area (Å²) in [6.07, 6.45) is 2.07. The van der Waals surface area contributed by atoms with Crippen LogP contribution in [0.1, 0.15) is 51.7 Å². The number of aromatic nitrogens is 1. The number of ether oxygens (including phenoxy) is 1. The van der Waals surface area contributed by atoms with Gasteiger partial charge in [0.15, 0.2) is 5.13 Å². The molecule has 0 unspecified atom stereocenters. The molecular weight excluding hydrogens is 368 g/mol. The molecule has 1 N–H and O–H groups in total. The Labute approximate surface area is 171 Å². The van der Waals surface area contributed by atoms with E-state index < -0.39 is 0 Å². The molecule has 3 aromatic rings. The molecule has 0 radical (unpaired) electrons. The predicted octanol–water partition coefficient (Wildman–Crippen LogP) is 5.95. The fourth-order valence-electron chi connectivity index (χ4n) is 2.90. The summed E-state index contributed by atoms with van der Waals surface area (Å²) in [5.74, 6) is 0.813. The maximum Gasteiger partial charge on any atom is 0.226 e. The summed E-state index contributed by atoms with van der Waals surface area (Å²) in [7, 11) is 0. The van der Waals surface area contributed by atoms with E-state index >= 15 is 0 Å². The van der Waals surface area contributed by atoms with Gasteiger partial charge in [0, 0.05) is 6.42 Å². The topological polar surface area (TPSA) is 51.2 Å². The first kappa shape index (κ1) is 20.3. The van der Waals surface area contributed by atoms with Crippen LogP contribution in [0.2, 0.25) is 0 Å². The monoisotopic (exact) mass is 396 g/mol. The Hall–Kier alpha value is -2.40. The van der Waals surface area contributed by atoms with Crippen LogP contribution in [0.15, 0.2) is 42.5 Å². The lowest BCUT2D eigenvalue weighted by molar-refractivity contribution is -0.116. The summed E-state index contributed by atoms with van der Waals surface area (Å²) in [6, 6.07) is 14.4. The fourth-order valence-corrected chi connectivity index (χ4v) is 3.84. The van der Waals surface area contributed by atoms with Crippen LogP contribution in [0.3, 0.4) is 0 Å². The molecule has 4 nitrogen and oxygen atoms in total. The molecule has 0 bridgehead atoms. The maximum atomic E-state index is 12.2. The average Bonchev–Trinajstić information content (AvgIpc) is 3.06. The number of hydrogen-bond donors (Lipinski definition) is 1. The minimum atomic E-state index is -0.0264. The summed E-state index contributed by atoms with van der Waals surface area (Å²) < 4.78 is 6.86. The summed E-state index contributed by atoms with van der Waals surface area (Å²) in [4.78, 5) is 16.7. The Bertz CT molecular complexity index is 939. The second kappa shape index (κ2) is 8.74. The van der Waals surface area contributed by atoms with Crippen molar-refractivity contribution in [3.05, 3.63) is 53.6 Å². The molecule has 1 heterocycles. The number of fused-ring (bicyclic) bond motifs is 1. The molecular formula is C23H28N2O2S. The van der Waals surface area contributed by atoms with Crippen LogP contribution in [-0.2, 0) is 16.6 Å². The van der Waals surface area contributed by atoms with Crippen molar-refractivity contribution < 1.29 is 9.53 Å². The first-order chi connectivity index (χ1) is 13.3. The number of carbonyl (C=O) groups excluding carboxylic acids is 1. The number of rotatable bonds is 7. The van der Waals surface area contributed by atoms with Crippen LogP contribution in [0.5, 0.6) is 5.75 Å². The second-order valence-corrected chi connectivity index (χ2v) is 8.98. The van der Waals surface area contributed by atoms with Gasteiger partial charge in [-0.15, -0.1) is 0 Å². The number of amides is 1. The largest absolute Gasteiger partial charge is 0.494 e. The van der Waals surface area contributed by atoms with E-state index in [2.05, 4.69) is 62.3 Å². The molecule has 1 aromatic heterocycles. The van der Waals surface area contributed by atoms with Gasteiger partial charge < -0.3 is 10.1 Å². The van der Waals surface area contributed by atoms with Crippen LogP contribution in [0, 0.1) is 0 Å². The van der Waals surface area contributed by atoms with Crippen LogP contribution in [0.4, 0.5) is 5.13 Å². The molecule has 0 saturated heterocycles. The average molecular weight is 397 g/mol. The van der Waals surface area contributed by atoms with E-state index in [1.807, 2.05) is 18.2 Å². The number of aryl methyl sites for hydroxylation is 1. The lowest BCUT2D eigenvalue weighted by atomic mass is 9.87. The van der Waals surface area contributed by atoms with Gasteiger partial charge in [0.25, 0.3) is 0 Å². The highest BCUT2D eigenvalue weighted by molar-refractivity contribution is 7.22. The Morgan fingerprint density at radius 3 is 2.57 bits per heavy atom. The number of nitrogens with zero attached hydrogens (tertiary/aromatic N) is 1. The van der Waals surface area contributed by atoms with Gasteiger partial charge in [-0.2, -0.15) is 0 Å². The quantitative estimate of drug-likeness (QED) is 0.502. The third-order valence-electron chi connectivity index (χ3n) is 4.64. The van der Waals surface area contributed by atoms with Crippen LogP contribution in [-0.4, -0.2) is 17.5 Å². The van der Waals surface area contributed by atoms with Crippen LogP contribution < -0.4 is 10.1 Å². The normalized spacial score (nSPS) is 11.6. The zero-order valence-corrected chi connectivity index (χ0v) is 17.9. The zero-order chi connectivity index (χ0) is 20.1. The third-order valence-corrected chi connectivity index (χ3v) is 5.58. The summed E-state index contributed by atoms with van der Waals surface area (Å²) in [6.45, 7) is 9.22. The highest BCUT2D eigenvalue weighted by Gasteiger charge is 2.13. The number of benzene rings is 2. The predicted molar refractivity (Wildman–Crippen MR) is 117 cm³/mol. The van der Waals surface area contributed by atoms with E-state index in [0.29, 0.717) is 24.6 Å². The summed E-state index contributed by atoms with van der Waals surface area (Å²) in [5, 5.41) is 3.56. The van der Waals surface area contributed by atoms with Crippen molar-refractivity contribution in [2.75, 3.05) is 11.9 Å². The van der Waals surface area contributed by atoms with Gasteiger partial charge in [-0.25, -0.2) is 4.98 Å². The standard InChI is InChI=1S/C23H28N2O2S/c1-5-16-8-13-19-20(15-16)28-22(24-19)25-21(26)7-6-14-27-18-11-9-17(10-12-18)23(2,3)4/h8-13,15H,5-7,14H2,1-4H3,(H,24,25,26). The number of nitrogens with one attached hydrogen (secondary N) is 1. The molecule has 0 aliphatic heterocycles. The molecule has 28 heavy (non-hydrogen) atoms. The van der Waals surface area contributed by atoms with Crippen molar-refractivity contribution in [3.63, 3.8) is 0 Å². The van der Waals surface area contributed by atoms with Crippen LogP contribution in [0.25, 0.3) is 10.2 Å². The maximum absolute atomic E-state index is 12.2. The molecule has 0 aliphatic carbocycles. The fraction of sp³-hybridized carbons (Fsp3) is 0.391. The minimum absolute atomic E-state index is 0.0264. The van der Waals surface area contributed by atoms with Gasteiger partial charge in [-0.3, -0.25) is 4.79 Å². The van der Waals surface area contributed by atoms with Crippen molar-refractivity contribution in [1.29, 1.82) is 0 Å². The van der Waals surface area contributed by atoms with Gasteiger partial charge in [-0.1, -0.05) is 57.2 Å². The summed E-state index contributed by atoms with van der Waals surface area (Å²) in [5.41, 5.74) is 3.62. The third kappa shape index (κ3) is 5.32. The molecule has 0 aliphatic rings. The van der Waals surface area contributed by atoms with Crippen molar-refractivity contribution in [1.82, 2.24) is 4.98 Å². The molecule has 3 rings (SSSR count). The SMILES string of the molecule is CCc1ccc2nc(NC(=O)CCCOc3ccc(C(C)(C)C)cc3)sc2c1. The van der Waals surface area contributed by atoms with Gasteiger partial charge in [0.2, 0.25) is 5.91 Å². The Morgan fingerprint density at radius 2 is 1.89 bits per heavy atom. The Kier molecular flexibility index (Phi) is 6.35. The van der Waals surface area contributed by atoms with E-state index in [9.17, 15) is 4.79 Å². The summed E-state index contributed by atoms with van der Waals surface area (Å²) >= 11 is 1.52. The molecule has 148 valence electrons. The second-order valence-electron chi connectivity index (χ2n) is 7.95. The lowest BCUT2D eigenvalue weighted by Crippen LogP contribution is -2.13. The first-order valence-corrected chi connectivity index (χ1v) is 10.6. The van der Waals surface area contributed by atoms with Gasteiger partial charge >= 0.3 is 0 Å². The van der Waals surface area contributed by atoms with E-state index in [4.69, 9.17) is 4.74 Å². The molecule has 0 spiro atoms. The molecule has 0 fully saturated rings. The van der Waals surface area contributed by atoms with Crippen molar-refractivity contribution in [2.24, 2.45) is 0 Å². The van der Waals surface area contributed by atoms with Gasteiger partial charge in [0.05, 0.1) is 16.8 Å². The Balaban J connectivity index is 1.44. The highest BCUT2D eigenvalue weighted by Crippen LogP contribution is 2.27. The van der Waals surface area contributed by atoms with Crippen LogP contribution >= 0.6 is 11.3 Å². The molecule has 0 saturated carbocycles. The van der Waals surface area contributed by atoms with E-state index in [-0.39, 0.29) is 11.3 Å². The zero-order valence-electron chi connectivity index (χ0n) is 17.0. The highest BCUT2D eigenvalue weighted by atomic mass is 32.1. The van der Waals surface area contributed by atoms with E-state index in [1.54, 1.807) is 0 Å². The number of hydrogen-bond acceptors (Lipinski definition) is 4.